The minimum Gasteiger partial charge on any atom is -0.375 e. The molecule has 2 fully saturated rings. The van der Waals surface area contributed by atoms with Crippen LogP contribution in [0.3, 0.4) is 0 Å². The minimum atomic E-state index is -4.29. The smallest absolute Gasteiger partial charge is 0.375 e. The molecule has 4 unspecified atom stereocenters. The van der Waals surface area contributed by atoms with E-state index in [0.717, 1.165) is 25.3 Å². The van der Waals surface area contributed by atoms with Crippen molar-refractivity contribution in [3.8, 4) is 0 Å². The van der Waals surface area contributed by atoms with Crippen molar-refractivity contribution in [2.24, 2.45) is 5.92 Å². The van der Waals surface area contributed by atoms with Crippen LogP contribution in [0.1, 0.15) is 36.4 Å². The molecule has 2 aliphatic rings. The maximum Gasteiger partial charge on any atom is 0.416 e. The van der Waals surface area contributed by atoms with Gasteiger partial charge in [-0.15, -0.1) is 0 Å². The molecular formula is C15H18F3NO. The topological polar surface area (TPSA) is 21.3 Å². The fraction of sp³-hybridized carbons (Fsp3) is 0.600. The van der Waals surface area contributed by atoms with Crippen LogP contribution in [-0.2, 0) is 10.9 Å². The van der Waals surface area contributed by atoms with Gasteiger partial charge in [0.1, 0.15) is 0 Å². The van der Waals surface area contributed by atoms with Gasteiger partial charge >= 0.3 is 6.18 Å². The third-order valence-electron chi connectivity index (χ3n) is 4.47. The molecule has 2 saturated heterocycles. The van der Waals surface area contributed by atoms with Gasteiger partial charge in [0.15, 0.2) is 0 Å². The molecule has 4 atom stereocenters. The lowest BCUT2D eigenvalue weighted by Crippen LogP contribution is -2.32. The van der Waals surface area contributed by atoms with Crippen molar-refractivity contribution in [2.75, 3.05) is 7.05 Å². The number of hydrogen-bond donors (Lipinski definition) is 1. The molecule has 1 aromatic carbocycles. The summed E-state index contributed by atoms with van der Waals surface area (Å²) in [5.74, 6) is 0.266. The van der Waals surface area contributed by atoms with Gasteiger partial charge in [-0.3, -0.25) is 0 Å². The summed E-state index contributed by atoms with van der Waals surface area (Å²) < 4.78 is 44.3. The van der Waals surface area contributed by atoms with Crippen molar-refractivity contribution < 1.29 is 17.9 Å². The Morgan fingerprint density at radius 2 is 2.10 bits per heavy atom. The lowest BCUT2D eigenvalue weighted by atomic mass is 9.81. The monoisotopic (exact) mass is 285 g/mol. The zero-order chi connectivity index (χ0) is 14.3. The molecule has 0 radical (unpaired) electrons. The van der Waals surface area contributed by atoms with Gasteiger partial charge in [-0.2, -0.15) is 13.2 Å². The van der Waals surface area contributed by atoms with E-state index in [0.29, 0.717) is 11.7 Å². The van der Waals surface area contributed by atoms with Gasteiger partial charge in [0.05, 0.1) is 17.8 Å². The summed E-state index contributed by atoms with van der Waals surface area (Å²) in [7, 11) is 1.80. The molecule has 2 heterocycles. The predicted molar refractivity (Wildman–Crippen MR) is 69.2 cm³/mol. The van der Waals surface area contributed by atoms with Crippen LogP contribution < -0.4 is 5.32 Å². The van der Waals surface area contributed by atoms with Gasteiger partial charge in [-0.1, -0.05) is 12.1 Å². The Hall–Kier alpha value is -1.07. The number of halogens is 3. The van der Waals surface area contributed by atoms with Crippen molar-refractivity contribution >= 4 is 0 Å². The number of alkyl halides is 3. The molecular weight excluding hydrogens is 267 g/mol. The van der Waals surface area contributed by atoms with Gasteiger partial charge in [0.2, 0.25) is 0 Å². The van der Waals surface area contributed by atoms with Gasteiger partial charge in [0, 0.05) is 12.0 Å². The molecule has 3 rings (SSSR count). The average Bonchev–Trinajstić information content (AvgIpc) is 3.02. The van der Waals surface area contributed by atoms with Crippen LogP contribution in [0, 0.1) is 5.92 Å². The third-order valence-corrected chi connectivity index (χ3v) is 4.47. The largest absolute Gasteiger partial charge is 0.416 e. The molecule has 0 amide bonds. The molecule has 5 heteroatoms. The number of fused-ring (bicyclic) bond motifs is 2. The SMILES string of the molecule is CNC(c1cccc(C(F)(F)F)c1)C1CC2CCC1O2. The van der Waals surface area contributed by atoms with E-state index >= 15 is 0 Å². The number of rotatable bonds is 3. The van der Waals surface area contributed by atoms with Gasteiger partial charge in [-0.05, 0) is 44.0 Å². The van der Waals surface area contributed by atoms with Gasteiger partial charge in [-0.25, -0.2) is 0 Å². The Morgan fingerprint density at radius 3 is 2.65 bits per heavy atom. The van der Waals surface area contributed by atoms with Gasteiger partial charge in [0.25, 0.3) is 0 Å². The quantitative estimate of drug-likeness (QED) is 0.917. The highest BCUT2D eigenvalue weighted by molar-refractivity contribution is 5.29. The van der Waals surface area contributed by atoms with E-state index in [1.165, 1.54) is 12.1 Å². The maximum atomic E-state index is 12.8. The number of benzene rings is 1. The fourth-order valence-electron chi connectivity index (χ4n) is 3.56. The summed E-state index contributed by atoms with van der Waals surface area (Å²) in [4.78, 5) is 0. The third kappa shape index (κ3) is 2.44. The Labute approximate surface area is 116 Å². The van der Waals surface area contributed by atoms with E-state index in [1.807, 2.05) is 0 Å². The summed E-state index contributed by atoms with van der Waals surface area (Å²) in [6, 6.07) is 5.55. The summed E-state index contributed by atoms with van der Waals surface area (Å²) in [6.07, 6.45) is -0.767. The molecule has 1 N–H and O–H groups in total. The van der Waals surface area contributed by atoms with E-state index in [2.05, 4.69) is 5.32 Å². The second kappa shape index (κ2) is 5.04. The second-order valence-corrected chi connectivity index (χ2v) is 5.66. The zero-order valence-electron chi connectivity index (χ0n) is 11.3. The summed E-state index contributed by atoms with van der Waals surface area (Å²) in [5, 5.41) is 3.18. The van der Waals surface area contributed by atoms with Crippen LogP contribution >= 0.6 is 0 Å². The van der Waals surface area contributed by atoms with E-state index < -0.39 is 11.7 Å². The van der Waals surface area contributed by atoms with E-state index in [4.69, 9.17) is 4.74 Å². The Bertz CT molecular complexity index is 488. The Morgan fingerprint density at radius 1 is 1.30 bits per heavy atom. The first-order valence-corrected chi connectivity index (χ1v) is 6.99. The molecule has 20 heavy (non-hydrogen) atoms. The minimum absolute atomic E-state index is 0.0763. The number of hydrogen-bond acceptors (Lipinski definition) is 2. The molecule has 2 nitrogen and oxygen atoms in total. The van der Waals surface area contributed by atoms with Gasteiger partial charge < -0.3 is 10.1 Å². The molecule has 110 valence electrons. The summed E-state index contributed by atoms with van der Waals surface area (Å²) in [6.45, 7) is 0. The number of ether oxygens (including phenoxy) is 1. The normalized spacial score (nSPS) is 30.7. The molecule has 0 spiro atoms. The zero-order valence-corrected chi connectivity index (χ0v) is 11.3. The molecule has 0 aromatic heterocycles. The maximum absolute atomic E-state index is 12.8. The Balaban J connectivity index is 1.86. The van der Waals surface area contributed by atoms with E-state index in [9.17, 15) is 13.2 Å². The molecule has 2 aliphatic heterocycles. The van der Waals surface area contributed by atoms with E-state index in [1.54, 1.807) is 13.1 Å². The predicted octanol–water partition coefficient (Wildman–Crippen LogP) is 3.53. The van der Waals surface area contributed by atoms with Crippen LogP contribution in [0.5, 0.6) is 0 Å². The molecule has 0 aliphatic carbocycles. The number of nitrogens with one attached hydrogen (secondary N) is 1. The van der Waals surface area contributed by atoms with E-state index in [-0.39, 0.29) is 18.1 Å². The first-order valence-electron chi connectivity index (χ1n) is 6.99. The standard InChI is InChI=1S/C15H18F3NO/c1-19-14(12-8-11-5-6-13(12)20-11)9-3-2-4-10(7-9)15(16,17)18/h2-4,7,11-14,19H,5-6,8H2,1H3. The first-order chi connectivity index (χ1) is 9.49. The first kappa shape index (κ1) is 13.9. The Kier molecular flexibility index (Phi) is 3.50. The van der Waals surface area contributed by atoms with Crippen LogP contribution in [0.4, 0.5) is 13.2 Å². The highest BCUT2D eigenvalue weighted by Gasteiger charge is 2.44. The lowest BCUT2D eigenvalue weighted by Gasteiger charge is -2.29. The summed E-state index contributed by atoms with van der Waals surface area (Å²) in [5.41, 5.74) is 0.114. The van der Waals surface area contributed by atoms with Crippen molar-refractivity contribution in [2.45, 2.75) is 43.7 Å². The summed E-state index contributed by atoms with van der Waals surface area (Å²) >= 11 is 0. The van der Waals surface area contributed by atoms with Crippen LogP contribution in [0.25, 0.3) is 0 Å². The van der Waals surface area contributed by atoms with Crippen LogP contribution in [0.2, 0.25) is 0 Å². The van der Waals surface area contributed by atoms with Crippen molar-refractivity contribution in [3.05, 3.63) is 35.4 Å². The fourth-order valence-corrected chi connectivity index (χ4v) is 3.56. The highest BCUT2D eigenvalue weighted by Crippen LogP contribution is 2.45. The molecule has 2 bridgehead atoms. The highest BCUT2D eigenvalue weighted by atomic mass is 19.4. The molecule has 1 aromatic rings. The van der Waals surface area contributed by atoms with Crippen molar-refractivity contribution in [1.82, 2.24) is 5.32 Å². The van der Waals surface area contributed by atoms with Crippen molar-refractivity contribution in [1.29, 1.82) is 0 Å². The average molecular weight is 285 g/mol. The lowest BCUT2D eigenvalue weighted by molar-refractivity contribution is -0.137. The van der Waals surface area contributed by atoms with Crippen LogP contribution in [0.15, 0.2) is 24.3 Å². The molecule has 0 saturated carbocycles. The van der Waals surface area contributed by atoms with Crippen molar-refractivity contribution in [3.63, 3.8) is 0 Å². The second-order valence-electron chi connectivity index (χ2n) is 5.66. The van der Waals surface area contributed by atoms with Crippen LogP contribution in [-0.4, -0.2) is 19.3 Å².